The number of ether oxygens (including phenoxy) is 2. The van der Waals surface area contributed by atoms with Crippen molar-refractivity contribution in [1.82, 2.24) is 0 Å². The molecule has 0 saturated heterocycles. The highest BCUT2D eigenvalue weighted by Crippen LogP contribution is 2.47. The number of carbonyl (C=O) groups is 2. The second-order valence-electron chi connectivity index (χ2n) is 21.5. The molecular formula is C44H80O4. The van der Waals surface area contributed by atoms with Gasteiger partial charge in [0.05, 0.1) is 25.0 Å². The van der Waals surface area contributed by atoms with Gasteiger partial charge < -0.3 is 9.47 Å². The van der Waals surface area contributed by atoms with Crippen LogP contribution in [0, 0.1) is 69.0 Å². The Hall–Kier alpha value is -1.06. The van der Waals surface area contributed by atoms with Crippen LogP contribution in [0.1, 0.15) is 186 Å². The molecule has 0 N–H and O–H groups in total. The minimum Gasteiger partial charge on any atom is -0.465 e. The van der Waals surface area contributed by atoms with Gasteiger partial charge >= 0.3 is 11.9 Å². The Morgan fingerprint density at radius 3 is 1.17 bits per heavy atom. The molecule has 8 unspecified atom stereocenters. The van der Waals surface area contributed by atoms with Gasteiger partial charge in [0.15, 0.2) is 0 Å². The average molecular weight is 673 g/mol. The van der Waals surface area contributed by atoms with Gasteiger partial charge in [0.1, 0.15) is 0 Å². The van der Waals surface area contributed by atoms with Gasteiger partial charge in [-0.05, 0) is 121 Å². The smallest absolute Gasteiger partial charge is 0.309 e. The van der Waals surface area contributed by atoms with Crippen LogP contribution in [-0.2, 0) is 19.1 Å². The number of hydrogen-bond acceptors (Lipinski definition) is 4. The standard InChI is InChI=1S/C44H80O4/c1-41(2,3)25-15-17-31-27-35(43(7,8)9)23-21-33(31)29-47-39(45)37-19-13-14-20-38(37)40(46)48-30-34-22-24-36(44(10,11)12)28-32(34)18-16-26-42(4,5)6/h31-38H,13-30H2,1-12H3. The highest BCUT2D eigenvalue weighted by Gasteiger charge is 2.41. The second-order valence-corrected chi connectivity index (χ2v) is 21.5. The SMILES string of the molecule is CC(C)(C)CCCC1CC(C(C)(C)C)CCC1COC(=O)C1CCCCC1C(=O)OCC1CCC(C(C)(C)C)CC1CCCC(C)(C)C. The Bertz CT molecular complexity index is 905. The van der Waals surface area contributed by atoms with Crippen LogP contribution >= 0.6 is 0 Å². The summed E-state index contributed by atoms with van der Waals surface area (Å²) in [7, 11) is 0. The van der Waals surface area contributed by atoms with Gasteiger partial charge in [-0.2, -0.15) is 0 Å². The molecule has 3 rings (SSSR count). The fraction of sp³-hybridized carbons (Fsp3) is 0.955. The van der Waals surface area contributed by atoms with E-state index in [1.807, 2.05) is 0 Å². The van der Waals surface area contributed by atoms with Crippen LogP contribution in [0.4, 0.5) is 0 Å². The summed E-state index contributed by atoms with van der Waals surface area (Å²) < 4.78 is 12.4. The Balaban J connectivity index is 1.58. The molecule has 0 aliphatic heterocycles. The molecule has 0 aromatic heterocycles. The van der Waals surface area contributed by atoms with Crippen LogP contribution in [0.15, 0.2) is 0 Å². The van der Waals surface area contributed by atoms with Crippen molar-refractivity contribution in [3.63, 3.8) is 0 Å². The van der Waals surface area contributed by atoms with Crippen LogP contribution in [0.3, 0.4) is 0 Å². The van der Waals surface area contributed by atoms with E-state index in [9.17, 15) is 9.59 Å². The molecule has 0 heterocycles. The fourth-order valence-electron chi connectivity index (χ4n) is 9.45. The zero-order valence-corrected chi connectivity index (χ0v) is 34.0. The lowest BCUT2D eigenvalue weighted by atomic mass is 9.64. The third kappa shape index (κ3) is 13.6. The van der Waals surface area contributed by atoms with Crippen molar-refractivity contribution in [2.24, 2.45) is 69.0 Å². The van der Waals surface area contributed by atoms with Crippen LogP contribution < -0.4 is 0 Å². The van der Waals surface area contributed by atoms with Gasteiger partial charge in [-0.1, -0.05) is 122 Å². The second kappa shape index (κ2) is 17.4. The lowest BCUT2D eigenvalue weighted by Crippen LogP contribution is -2.39. The van der Waals surface area contributed by atoms with Crippen molar-refractivity contribution < 1.29 is 19.1 Å². The predicted molar refractivity (Wildman–Crippen MR) is 202 cm³/mol. The molecule has 48 heavy (non-hydrogen) atoms. The third-order valence-electron chi connectivity index (χ3n) is 13.0. The first kappa shape index (κ1) is 41.4. The van der Waals surface area contributed by atoms with E-state index < -0.39 is 0 Å². The van der Waals surface area contributed by atoms with E-state index in [4.69, 9.17) is 9.47 Å². The van der Waals surface area contributed by atoms with Gasteiger partial charge in [0.2, 0.25) is 0 Å². The van der Waals surface area contributed by atoms with E-state index in [1.54, 1.807) is 0 Å². The maximum absolute atomic E-state index is 13.7. The Morgan fingerprint density at radius 2 is 0.854 bits per heavy atom. The topological polar surface area (TPSA) is 52.6 Å². The van der Waals surface area contributed by atoms with Crippen LogP contribution in [0.2, 0.25) is 0 Å². The van der Waals surface area contributed by atoms with Crippen molar-refractivity contribution in [3.05, 3.63) is 0 Å². The van der Waals surface area contributed by atoms with Crippen LogP contribution in [0.25, 0.3) is 0 Å². The van der Waals surface area contributed by atoms with Crippen molar-refractivity contribution >= 4 is 11.9 Å². The summed E-state index contributed by atoms with van der Waals surface area (Å²) in [6.07, 6.45) is 18.0. The van der Waals surface area contributed by atoms with Crippen molar-refractivity contribution in [1.29, 1.82) is 0 Å². The van der Waals surface area contributed by atoms with Gasteiger partial charge in [-0.3, -0.25) is 9.59 Å². The first-order valence-electron chi connectivity index (χ1n) is 20.5. The minimum absolute atomic E-state index is 0.145. The third-order valence-corrected chi connectivity index (χ3v) is 13.0. The van der Waals surface area contributed by atoms with Crippen LogP contribution in [-0.4, -0.2) is 25.2 Å². The molecule has 3 aliphatic carbocycles. The van der Waals surface area contributed by atoms with Crippen molar-refractivity contribution in [2.45, 2.75) is 186 Å². The Morgan fingerprint density at radius 1 is 0.500 bits per heavy atom. The normalized spacial score (nSPS) is 30.9. The fourth-order valence-corrected chi connectivity index (χ4v) is 9.45. The molecule has 0 bridgehead atoms. The van der Waals surface area contributed by atoms with E-state index >= 15 is 0 Å². The van der Waals surface area contributed by atoms with Gasteiger partial charge in [-0.15, -0.1) is 0 Å². The van der Waals surface area contributed by atoms with Crippen LogP contribution in [0.5, 0.6) is 0 Å². The Kier molecular flexibility index (Phi) is 15.0. The molecule has 3 aliphatic rings. The summed E-state index contributed by atoms with van der Waals surface area (Å²) in [5.41, 5.74) is 1.34. The lowest BCUT2D eigenvalue weighted by Gasteiger charge is -2.42. The van der Waals surface area contributed by atoms with Crippen molar-refractivity contribution in [3.8, 4) is 0 Å². The Labute approximate surface area is 298 Å². The highest BCUT2D eigenvalue weighted by atomic mass is 16.5. The first-order valence-corrected chi connectivity index (χ1v) is 20.5. The maximum atomic E-state index is 13.7. The summed E-state index contributed by atoms with van der Waals surface area (Å²) in [4.78, 5) is 27.4. The molecule has 0 spiro atoms. The molecule has 4 heteroatoms. The molecule has 0 aromatic carbocycles. The summed E-state index contributed by atoms with van der Waals surface area (Å²) in [5.74, 6) is 2.53. The minimum atomic E-state index is -0.351. The molecule has 8 atom stereocenters. The monoisotopic (exact) mass is 673 g/mol. The molecular weight excluding hydrogens is 592 g/mol. The maximum Gasteiger partial charge on any atom is 0.309 e. The average Bonchev–Trinajstić information content (AvgIpc) is 2.97. The van der Waals surface area contributed by atoms with E-state index in [2.05, 4.69) is 83.1 Å². The summed E-state index contributed by atoms with van der Waals surface area (Å²) >= 11 is 0. The molecule has 3 fully saturated rings. The van der Waals surface area contributed by atoms with E-state index in [0.29, 0.717) is 58.5 Å². The number of esters is 2. The van der Waals surface area contributed by atoms with Gasteiger partial charge in [0.25, 0.3) is 0 Å². The number of carbonyl (C=O) groups excluding carboxylic acids is 2. The molecule has 3 saturated carbocycles. The predicted octanol–water partition coefficient (Wildman–Crippen LogP) is 12.5. The molecule has 0 aromatic rings. The zero-order valence-electron chi connectivity index (χ0n) is 34.0. The summed E-state index contributed by atoms with van der Waals surface area (Å²) in [6.45, 7) is 29.3. The molecule has 0 amide bonds. The number of rotatable bonds is 12. The zero-order chi connectivity index (χ0) is 35.9. The van der Waals surface area contributed by atoms with E-state index in [-0.39, 0.29) is 23.8 Å². The quantitative estimate of drug-likeness (QED) is 0.194. The molecule has 0 radical (unpaired) electrons. The van der Waals surface area contributed by atoms with Crippen molar-refractivity contribution in [2.75, 3.05) is 13.2 Å². The summed E-state index contributed by atoms with van der Waals surface area (Å²) in [6, 6.07) is 0. The molecule has 4 nitrogen and oxygen atoms in total. The number of hydrogen-bond donors (Lipinski definition) is 0. The first-order chi connectivity index (χ1) is 22.1. The highest BCUT2D eigenvalue weighted by molar-refractivity contribution is 5.82. The molecule has 280 valence electrons. The summed E-state index contributed by atoms with van der Waals surface area (Å²) in [5, 5.41) is 0. The van der Waals surface area contributed by atoms with Gasteiger partial charge in [0, 0.05) is 0 Å². The lowest BCUT2D eigenvalue weighted by molar-refractivity contribution is -0.165. The van der Waals surface area contributed by atoms with E-state index in [0.717, 1.165) is 50.4 Å². The largest absolute Gasteiger partial charge is 0.465 e. The van der Waals surface area contributed by atoms with E-state index in [1.165, 1.54) is 64.2 Å². The van der Waals surface area contributed by atoms with Gasteiger partial charge in [-0.25, -0.2) is 0 Å².